The van der Waals surface area contributed by atoms with E-state index in [1.807, 2.05) is 0 Å². The molecule has 2 aliphatic rings. The summed E-state index contributed by atoms with van der Waals surface area (Å²) < 4.78 is 0. The van der Waals surface area contributed by atoms with Crippen LogP contribution in [0.15, 0.2) is 0 Å². The molecule has 1 aliphatic heterocycles. The molecule has 2 fully saturated rings. The van der Waals surface area contributed by atoms with Gasteiger partial charge in [-0.25, -0.2) is 0 Å². The van der Waals surface area contributed by atoms with E-state index in [4.69, 9.17) is 0 Å². The molecule has 0 radical (unpaired) electrons. The molecule has 0 bridgehead atoms. The molecular formula is C15H30N2. The Hall–Kier alpha value is -0.0800. The van der Waals surface area contributed by atoms with Gasteiger partial charge in [0.25, 0.3) is 0 Å². The van der Waals surface area contributed by atoms with E-state index in [-0.39, 0.29) is 0 Å². The lowest BCUT2D eigenvalue weighted by molar-refractivity contribution is 0.0639. The number of rotatable bonds is 4. The normalized spacial score (nSPS) is 27.2. The van der Waals surface area contributed by atoms with Gasteiger partial charge in [-0.2, -0.15) is 0 Å². The lowest BCUT2D eigenvalue weighted by atomic mass is 9.68. The first-order valence-corrected chi connectivity index (χ1v) is 7.70. The van der Waals surface area contributed by atoms with Gasteiger partial charge in [0, 0.05) is 12.6 Å². The summed E-state index contributed by atoms with van der Waals surface area (Å²) in [6.45, 7) is 9.53. The van der Waals surface area contributed by atoms with Crippen molar-refractivity contribution < 1.29 is 0 Å². The van der Waals surface area contributed by atoms with Gasteiger partial charge in [-0.15, -0.1) is 0 Å². The lowest BCUT2D eigenvalue weighted by Crippen LogP contribution is -2.46. The van der Waals surface area contributed by atoms with Crippen molar-refractivity contribution in [2.24, 2.45) is 5.41 Å². The van der Waals surface area contributed by atoms with Crippen molar-refractivity contribution >= 4 is 0 Å². The van der Waals surface area contributed by atoms with Gasteiger partial charge in [0.15, 0.2) is 0 Å². The van der Waals surface area contributed by atoms with Gasteiger partial charge in [0.05, 0.1) is 0 Å². The lowest BCUT2D eigenvalue weighted by Gasteiger charge is -2.44. The fraction of sp³-hybridized carbons (Fsp3) is 1.00. The molecule has 1 atom stereocenters. The Morgan fingerprint density at radius 1 is 1.06 bits per heavy atom. The summed E-state index contributed by atoms with van der Waals surface area (Å²) >= 11 is 0. The Bertz CT molecular complexity index is 211. The largest absolute Gasteiger partial charge is 0.313 e. The molecule has 1 N–H and O–H groups in total. The second-order valence-electron chi connectivity index (χ2n) is 6.32. The maximum atomic E-state index is 3.52. The second kappa shape index (κ2) is 6.19. The molecule has 1 spiro atoms. The van der Waals surface area contributed by atoms with E-state index >= 15 is 0 Å². The predicted octanol–water partition coefficient (Wildman–Crippen LogP) is 3.03. The summed E-state index contributed by atoms with van der Waals surface area (Å²) in [5, 5.41) is 3.52. The van der Waals surface area contributed by atoms with E-state index in [2.05, 4.69) is 24.1 Å². The molecule has 0 amide bonds. The van der Waals surface area contributed by atoms with E-state index in [1.54, 1.807) is 0 Å². The van der Waals surface area contributed by atoms with Gasteiger partial charge in [0.2, 0.25) is 0 Å². The average Bonchev–Trinajstić information content (AvgIpc) is 2.34. The molecule has 2 nitrogen and oxygen atoms in total. The highest BCUT2D eigenvalue weighted by Crippen LogP contribution is 2.44. The summed E-state index contributed by atoms with van der Waals surface area (Å²) in [6, 6.07) is 0.653. The zero-order valence-corrected chi connectivity index (χ0v) is 11.8. The molecular weight excluding hydrogens is 208 g/mol. The molecule has 1 heterocycles. The molecule has 0 aromatic carbocycles. The van der Waals surface area contributed by atoms with Gasteiger partial charge >= 0.3 is 0 Å². The quantitative estimate of drug-likeness (QED) is 0.810. The SMILES string of the molecule is CCNC(C)CN1CCC2(CCCCC2)CC1. The second-order valence-corrected chi connectivity index (χ2v) is 6.32. The molecule has 17 heavy (non-hydrogen) atoms. The molecule has 1 saturated carbocycles. The molecule has 2 rings (SSSR count). The van der Waals surface area contributed by atoms with Crippen LogP contribution in [-0.2, 0) is 0 Å². The maximum Gasteiger partial charge on any atom is 0.0166 e. The number of nitrogens with one attached hydrogen (secondary N) is 1. The maximum absolute atomic E-state index is 3.52. The summed E-state index contributed by atoms with van der Waals surface area (Å²) in [6.07, 6.45) is 10.4. The highest BCUT2D eigenvalue weighted by atomic mass is 15.2. The standard InChI is InChI=1S/C15H30N2/c1-3-16-14(2)13-17-11-9-15(10-12-17)7-5-4-6-8-15/h14,16H,3-13H2,1-2H3. The minimum Gasteiger partial charge on any atom is -0.313 e. The highest BCUT2D eigenvalue weighted by Gasteiger charge is 2.35. The molecule has 0 aromatic rings. The average molecular weight is 238 g/mol. The van der Waals surface area contributed by atoms with E-state index in [9.17, 15) is 0 Å². The monoisotopic (exact) mass is 238 g/mol. The third-order valence-electron chi connectivity index (χ3n) is 4.92. The van der Waals surface area contributed by atoms with E-state index in [0.717, 1.165) is 12.0 Å². The Labute approximate surface area is 107 Å². The third kappa shape index (κ3) is 3.69. The van der Waals surface area contributed by atoms with E-state index in [1.165, 1.54) is 64.6 Å². The van der Waals surface area contributed by atoms with Crippen LogP contribution < -0.4 is 5.32 Å². The zero-order chi connectivity index (χ0) is 12.1. The molecule has 1 unspecified atom stereocenters. The molecule has 1 aliphatic carbocycles. The van der Waals surface area contributed by atoms with Crippen LogP contribution in [0.1, 0.15) is 58.8 Å². The van der Waals surface area contributed by atoms with Crippen molar-refractivity contribution in [2.75, 3.05) is 26.2 Å². The van der Waals surface area contributed by atoms with Gasteiger partial charge in [-0.05, 0) is 57.7 Å². The van der Waals surface area contributed by atoms with Crippen molar-refractivity contribution in [3.63, 3.8) is 0 Å². The zero-order valence-electron chi connectivity index (χ0n) is 11.8. The molecule has 1 saturated heterocycles. The van der Waals surface area contributed by atoms with E-state index in [0.29, 0.717) is 6.04 Å². The summed E-state index contributed by atoms with van der Waals surface area (Å²) in [5.41, 5.74) is 0.760. The van der Waals surface area contributed by atoms with Crippen LogP contribution >= 0.6 is 0 Å². The fourth-order valence-electron chi connectivity index (χ4n) is 3.81. The van der Waals surface area contributed by atoms with Crippen LogP contribution in [0.2, 0.25) is 0 Å². The topological polar surface area (TPSA) is 15.3 Å². The van der Waals surface area contributed by atoms with Gasteiger partial charge in [-0.3, -0.25) is 0 Å². The van der Waals surface area contributed by atoms with Crippen molar-refractivity contribution in [2.45, 2.75) is 64.8 Å². The fourth-order valence-corrected chi connectivity index (χ4v) is 3.81. The van der Waals surface area contributed by atoms with Crippen molar-refractivity contribution in [3.05, 3.63) is 0 Å². The van der Waals surface area contributed by atoms with Crippen LogP contribution in [0.3, 0.4) is 0 Å². The first kappa shape index (κ1) is 13.4. The van der Waals surface area contributed by atoms with E-state index < -0.39 is 0 Å². The third-order valence-corrected chi connectivity index (χ3v) is 4.92. The minimum atomic E-state index is 0.653. The Balaban J connectivity index is 1.73. The first-order valence-electron chi connectivity index (χ1n) is 7.70. The summed E-state index contributed by atoms with van der Waals surface area (Å²) in [5.74, 6) is 0. The Morgan fingerprint density at radius 2 is 1.71 bits per heavy atom. The molecule has 2 heteroatoms. The van der Waals surface area contributed by atoms with Crippen LogP contribution in [0.5, 0.6) is 0 Å². The predicted molar refractivity (Wildman–Crippen MR) is 74.3 cm³/mol. The first-order chi connectivity index (χ1) is 8.24. The van der Waals surface area contributed by atoms with Crippen molar-refractivity contribution in [1.82, 2.24) is 10.2 Å². The summed E-state index contributed by atoms with van der Waals surface area (Å²) in [7, 11) is 0. The minimum absolute atomic E-state index is 0.653. The summed E-state index contributed by atoms with van der Waals surface area (Å²) in [4.78, 5) is 2.67. The Kier molecular flexibility index (Phi) is 4.87. The number of likely N-dealkylation sites (N-methyl/N-ethyl adjacent to an activating group) is 1. The smallest absolute Gasteiger partial charge is 0.0166 e. The molecule has 0 aromatic heterocycles. The van der Waals surface area contributed by atoms with Crippen LogP contribution in [0.4, 0.5) is 0 Å². The number of hydrogen-bond acceptors (Lipinski definition) is 2. The number of piperidine rings is 1. The van der Waals surface area contributed by atoms with Gasteiger partial charge in [-0.1, -0.05) is 26.2 Å². The van der Waals surface area contributed by atoms with Gasteiger partial charge < -0.3 is 10.2 Å². The number of nitrogens with zero attached hydrogens (tertiary/aromatic N) is 1. The van der Waals surface area contributed by atoms with Crippen LogP contribution in [0, 0.1) is 5.41 Å². The van der Waals surface area contributed by atoms with Gasteiger partial charge in [0.1, 0.15) is 0 Å². The molecule has 100 valence electrons. The number of likely N-dealkylation sites (tertiary alicyclic amines) is 1. The number of hydrogen-bond donors (Lipinski definition) is 1. The van der Waals surface area contributed by atoms with Crippen LogP contribution in [-0.4, -0.2) is 37.1 Å². The van der Waals surface area contributed by atoms with Crippen molar-refractivity contribution in [1.29, 1.82) is 0 Å². The van der Waals surface area contributed by atoms with Crippen LogP contribution in [0.25, 0.3) is 0 Å². The Morgan fingerprint density at radius 3 is 2.29 bits per heavy atom. The highest BCUT2D eigenvalue weighted by molar-refractivity contribution is 4.88. The van der Waals surface area contributed by atoms with Crippen molar-refractivity contribution in [3.8, 4) is 0 Å².